The summed E-state index contributed by atoms with van der Waals surface area (Å²) < 4.78 is 0. The summed E-state index contributed by atoms with van der Waals surface area (Å²) in [5.74, 6) is -0.0408. The highest BCUT2D eigenvalue weighted by Crippen LogP contribution is 2.28. The van der Waals surface area contributed by atoms with E-state index in [4.69, 9.17) is 11.6 Å². The Balaban J connectivity index is 1.45. The van der Waals surface area contributed by atoms with Crippen molar-refractivity contribution in [2.24, 2.45) is 0 Å². The number of halogens is 1. The van der Waals surface area contributed by atoms with E-state index in [2.05, 4.69) is 6.07 Å². The molecular formula is C26H22ClN3O2. The Morgan fingerprint density at radius 2 is 1.41 bits per heavy atom. The van der Waals surface area contributed by atoms with Crippen LogP contribution < -0.4 is 0 Å². The normalized spacial score (nSPS) is 13.5. The fourth-order valence-electron chi connectivity index (χ4n) is 3.94. The van der Waals surface area contributed by atoms with Crippen molar-refractivity contribution in [2.75, 3.05) is 26.2 Å². The fourth-order valence-corrected chi connectivity index (χ4v) is 4.06. The molecule has 1 fully saturated rings. The summed E-state index contributed by atoms with van der Waals surface area (Å²) in [7, 11) is 0. The molecule has 0 bridgehead atoms. The molecule has 0 atom stereocenters. The molecule has 2 amide bonds. The number of hydrogen-bond donors (Lipinski definition) is 0. The quantitative estimate of drug-likeness (QED) is 0.600. The summed E-state index contributed by atoms with van der Waals surface area (Å²) in [5.41, 5.74) is 3.51. The SMILES string of the molecule is N#Cc1ccccc1-c1ccccc1C(=O)N1CCN(C(=O)Cc2ccc(Cl)cc2)CC1. The van der Waals surface area contributed by atoms with Gasteiger partial charge in [0, 0.05) is 42.3 Å². The number of carbonyl (C=O) groups excluding carboxylic acids is 2. The van der Waals surface area contributed by atoms with Crippen LogP contribution in [0, 0.1) is 11.3 Å². The van der Waals surface area contributed by atoms with Crippen LogP contribution in [-0.4, -0.2) is 47.8 Å². The Morgan fingerprint density at radius 1 is 0.812 bits per heavy atom. The standard InChI is InChI=1S/C26H22ClN3O2/c27-21-11-9-19(10-12-21)17-25(31)29-13-15-30(16-14-29)26(32)24-8-4-3-7-23(24)22-6-2-1-5-20(22)18-28/h1-12H,13-17H2. The van der Waals surface area contributed by atoms with E-state index in [0.717, 1.165) is 16.7 Å². The molecule has 1 aliphatic rings. The number of amides is 2. The molecule has 3 aromatic rings. The van der Waals surface area contributed by atoms with Gasteiger partial charge in [-0.15, -0.1) is 0 Å². The molecule has 160 valence electrons. The molecule has 32 heavy (non-hydrogen) atoms. The Bertz CT molecular complexity index is 1180. The zero-order chi connectivity index (χ0) is 22.5. The van der Waals surface area contributed by atoms with E-state index < -0.39 is 0 Å². The zero-order valence-corrected chi connectivity index (χ0v) is 18.3. The van der Waals surface area contributed by atoms with Crippen molar-refractivity contribution < 1.29 is 9.59 Å². The summed E-state index contributed by atoms with van der Waals surface area (Å²) in [6.07, 6.45) is 0.318. The third-order valence-electron chi connectivity index (χ3n) is 5.68. The van der Waals surface area contributed by atoms with Gasteiger partial charge in [0.1, 0.15) is 0 Å². The predicted molar refractivity (Wildman–Crippen MR) is 124 cm³/mol. The average Bonchev–Trinajstić information content (AvgIpc) is 2.85. The van der Waals surface area contributed by atoms with Crippen molar-refractivity contribution in [3.63, 3.8) is 0 Å². The van der Waals surface area contributed by atoms with Gasteiger partial charge in [0.25, 0.3) is 5.91 Å². The van der Waals surface area contributed by atoms with Gasteiger partial charge in [0.15, 0.2) is 0 Å². The maximum atomic E-state index is 13.3. The van der Waals surface area contributed by atoms with Crippen LogP contribution in [-0.2, 0) is 11.2 Å². The molecule has 0 spiro atoms. The highest BCUT2D eigenvalue weighted by molar-refractivity contribution is 6.30. The monoisotopic (exact) mass is 443 g/mol. The molecule has 6 heteroatoms. The van der Waals surface area contributed by atoms with Crippen molar-refractivity contribution in [3.8, 4) is 17.2 Å². The second-order valence-corrected chi connectivity index (χ2v) is 8.12. The number of nitriles is 1. The summed E-state index contributed by atoms with van der Waals surface area (Å²) in [6.45, 7) is 1.93. The summed E-state index contributed by atoms with van der Waals surface area (Å²) >= 11 is 5.91. The van der Waals surface area contributed by atoms with Gasteiger partial charge in [-0.2, -0.15) is 5.26 Å². The van der Waals surface area contributed by atoms with Crippen LogP contribution in [0.5, 0.6) is 0 Å². The minimum atomic E-state index is -0.0851. The first-order valence-electron chi connectivity index (χ1n) is 10.5. The minimum absolute atomic E-state index is 0.0442. The van der Waals surface area contributed by atoms with Crippen molar-refractivity contribution >= 4 is 23.4 Å². The maximum Gasteiger partial charge on any atom is 0.254 e. The van der Waals surface area contributed by atoms with Crippen LogP contribution >= 0.6 is 11.6 Å². The van der Waals surface area contributed by atoms with Crippen LogP contribution in [0.15, 0.2) is 72.8 Å². The van der Waals surface area contributed by atoms with E-state index in [0.29, 0.717) is 48.7 Å². The van der Waals surface area contributed by atoms with Gasteiger partial charge in [-0.25, -0.2) is 0 Å². The molecule has 0 unspecified atom stereocenters. The first-order chi connectivity index (χ1) is 15.6. The molecule has 0 aliphatic carbocycles. The lowest BCUT2D eigenvalue weighted by molar-refractivity contribution is -0.131. The molecular weight excluding hydrogens is 422 g/mol. The first kappa shape index (κ1) is 21.6. The Hall–Kier alpha value is -3.62. The molecule has 1 heterocycles. The second kappa shape index (κ2) is 9.67. The second-order valence-electron chi connectivity index (χ2n) is 7.68. The predicted octanol–water partition coefficient (Wildman–Crippen LogP) is 4.41. The van der Waals surface area contributed by atoms with Crippen LogP contribution in [0.25, 0.3) is 11.1 Å². The van der Waals surface area contributed by atoms with E-state index in [-0.39, 0.29) is 11.8 Å². The van der Waals surface area contributed by atoms with Crippen molar-refractivity contribution in [1.29, 1.82) is 5.26 Å². The molecule has 1 aliphatic heterocycles. The largest absolute Gasteiger partial charge is 0.339 e. The van der Waals surface area contributed by atoms with Gasteiger partial charge in [0.05, 0.1) is 18.1 Å². The number of hydrogen-bond acceptors (Lipinski definition) is 3. The topological polar surface area (TPSA) is 64.4 Å². The Morgan fingerprint density at radius 3 is 2.09 bits per heavy atom. The molecule has 4 rings (SSSR count). The van der Waals surface area contributed by atoms with Crippen LogP contribution in [0.4, 0.5) is 0 Å². The lowest BCUT2D eigenvalue weighted by Gasteiger charge is -2.35. The maximum absolute atomic E-state index is 13.3. The number of piperazine rings is 1. The van der Waals surface area contributed by atoms with Gasteiger partial charge in [-0.05, 0) is 35.4 Å². The van der Waals surface area contributed by atoms with Crippen molar-refractivity contribution in [3.05, 3.63) is 94.5 Å². The first-order valence-corrected chi connectivity index (χ1v) is 10.8. The van der Waals surface area contributed by atoms with E-state index >= 15 is 0 Å². The highest BCUT2D eigenvalue weighted by Gasteiger charge is 2.26. The van der Waals surface area contributed by atoms with Gasteiger partial charge >= 0.3 is 0 Å². The van der Waals surface area contributed by atoms with E-state index in [1.54, 1.807) is 34.1 Å². The zero-order valence-electron chi connectivity index (χ0n) is 17.5. The molecule has 0 N–H and O–H groups in total. The molecule has 3 aromatic carbocycles. The number of carbonyl (C=O) groups is 2. The van der Waals surface area contributed by atoms with Gasteiger partial charge < -0.3 is 9.80 Å². The Kier molecular flexibility index (Phi) is 6.53. The van der Waals surface area contributed by atoms with Gasteiger partial charge in [-0.3, -0.25) is 9.59 Å². The smallest absolute Gasteiger partial charge is 0.254 e. The lowest BCUT2D eigenvalue weighted by Crippen LogP contribution is -2.51. The van der Waals surface area contributed by atoms with Gasteiger partial charge in [0.2, 0.25) is 5.91 Å². The van der Waals surface area contributed by atoms with E-state index in [1.165, 1.54) is 0 Å². The van der Waals surface area contributed by atoms with E-state index in [1.807, 2.05) is 48.5 Å². The van der Waals surface area contributed by atoms with E-state index in [9.17, 15) is 14.9 Å². The minimum Gasteiger partial charge on any atom is -0.339 e. The molecule has 0 saturated carbocycles. The fraction of sp³-hybridized carbons (Fsp3) is 0.192. The molecule has 0 radical (unpaired) electrons. The van der Waals surface area contributed by atoms with Crippen LogP contribution in [0.3, 0.4) is 0 Å². The Labute approximate surface area is 192 Å². The highest BCUT2D eigenvalue weighted by atomic mass is 35.5. The lowest BCUT2D eigenvalue weighted by atomic mass is 9.95. The summed E-state index contributed by atoms with van der Waals surface area (Å²) in [6, 6.07) is 24.1. The van der Waals surface area contributed by atoms with Gasteiger partial charge in [-0.1, -0.05) is 60.1 Å². The molecule has 0 aromatic heterocycles. The number of nitrogens with zero attached hydrogens (tertiary/aromatic N) is 3. The third-order valence-corrected chi connectivity index (χ3v) is 5.94. The summed E-state index contributed by atoms with van der Waals surface area (Å²) in [4.78, 5) is 29.6. The average molecular weight is 444 g/mol. The molecule has 5 nitrogen and oxygen atoms in total. The summed E-state index contributed by atoms with van der Waals surface area (Å²) in [5, 5.41) is 10.1. The third kappa shape index (κ3) is 4.66. The van der Waals surface area contributed by atoms with Crippen molar-refractivity contribution in [1.82, 2.24) is 9.80 Å². The van der Waals surface area contributed by atoms with Crippen LogP contribution in [0.2, 0.25) is 5.02 Å². The van der Waals surface area contributed by atoms with Crippen molar-refractivity contribution in [2.45, 2.75) is 6.42 Å². The van der Waals surface area contributed by atoms with Crippen LogP contribution in [0.1, 0.15) is 21.5 Å². The number of benzene rings is 3. The number of rotatable bonds is 4. The molecule has 1 saturated heterocycles.